The molecule has 1 amide bonds. The van der Waals surface area contributed by atoms with Crippen LogP contribution in [-0.2, 0) is 9.53 Å². The fourth-order valence-corrected chi connectivity index (χ4v) is 2.81. The van der Waals surface area contributed by atoms with Gasteiger partial charge in [-0.1, -0.05) is 12.8 Å². The number of amides is 1. The third-order valence-electron chi connectivity index (χ3n) is 4.05. The van der Waals surface area contributed by atoms with E-state index in [9.17, 15) is 4.79 Å². The zero-order valence-corrected chi connectivity index (χ0v) is 13.4. The fraction of sp³-hybridized carbons (Fsp3) is 0.933. The Morgan fingerprint density at radius 1 is 1.20 bits per heavy atom. The smallest absolute Gasteiger partial charge is 0.224 e. The van der Waals surface area contributed by atoms with Gasteiger partial charge in [-0.15, -0.1) is 0 Å². The van der Waals surface area contributed by atoms with E-state index >= 15 is 0 Å². The normalized spacial score (nSPS) is 17.6. The number of nitrogens with two attached hydrogens (primary N) is 1. The highest BCUT2D eigenvalue weighted by molar-refractivity contribution is 5.77. The fourth-order valence-electron chi connectivity index (χ4n) is 2.81. The monoisotopic (exact) mass is 285 g/mol. The molecule has 118 valence electrons. The van der Waals surface area contributed by atoms with Crippen LogP contribution in [0.2, 0.25) is 0 Å². The molecule has 0 aromatic carbocycles. The van der Waals surface area contributed by atoms with Crippen LogP contribution in [0.4, 0.5) is 0 Å². The lowest BCUT2D eigenvalue weighted by molar-refractivity contribution is -0.133. The number of carbonyl (C=O) groups excluding carboxylic acids is 1. The minimum atomic E-state index is -0.260. The van der Waals surface area contributed by atoms with Gasteiger partial charge in [-0.3, -0.25) is 4.79 Å². The van der Waals surface area contributed by atoms with E-state index in [2.05, 4.69) is 19.0 Å². The lowest BCUT2D eigenvalue weighted by Crippen LogP contribution is -2.45. The topological polar surface area (TPSA) is 58.8 Å². The van der Waals surface area contributed by atoms with E-state index in [0.29, 0.717) is 19.6 Å². The van der Waals surface area contributed by atoms with Crippen molar-refractivity contribution in [1.29, 1.82) is 0 Å². The van der Waals surface area contributed by atoms with E-state index < -0.39 is 0 Å². The molecule has 1 saturated carbocycles. The number of methoxy groups -OCH3 is 1. The van der Waals surface area contributed by atoms with Gasteiger partial charge in [0, 0.05) is 32.2 Å². The molecule has 1 aliphatic carbocycles. The number of ether oxygens (including phenoxy) is 1. The molecular weight excluding hydrogens is 254 g/mol. The number of carbonyl (C=O) groups is 1. The molecule has 0 radical (unpaired) electrons. The van der Waals surface area contributed by atoms with Crippen molar-refractivity contribution in [2.24, 2.45) is 5.73 Å². The van der Waals surface area contributed by atoms with Gasteiger partial charge in [0.05, 0.1) is 6.61 Å². The summed E-state index contributed by atoms with van der Waals surface area (Å²) in [5.41, 5.74) is 6.06. The van der Waals surface area contributed by atoms with Crippen LogP contribution >= 0.6 is 0 Å². The Morgan fingerprint density at radius 2 is 1.85 bits per heavy atom. The van der Waals surface area contributed by atoms with Crippen molar-refractivity contribution in [2.75, 3.05) is 47.4 Å². The summed E-state index contributed by atoms with van der Waals surface area (Å²) in [6.07, 6.45) is 5.74. The second kappa shape index (κ2) is 8.60. The second-order valence-corrected chi connectivity index (χ2v) is 6.28. The second-order valence-electron chi connectivity index (χ2n) is 6.28. The SMILES string of the molecule is COCCN(CCCN(C)C)C(=O)CC1(N)CCCC1. The Labute approximate surface area is 123 Å². The molecular formula is C15H31N3O2. The molecule has 0 unspecified atom stereocenters. The first-order chi connectivity index (χ1) is 9.47. The average Bonchev–Trinajstić information content (AvgIpc) is 2.79. The molecule has 20 heavy (non-hydrogen) atoms. The number of rotatable bonds is 9. The molecule has 0 heterocycles. The van der Waals surface area contributed by atoms with E-state index in [1.54, 1.807) is 7.11 Å². The van der Waals surface area contributed by atoms with Gasteiger partial charge in [-0.05, 0) is 39.9 Å². The molecule has 0 aliphatic heterocycles. The molecule has 0 bridgehead atoms. The number of hydrogen-bond donors (Lipinski definition) is 1. The van der Waals surface area contributed by atoms with Crippen LogP contribution in [-0.4, -0.2) is 68.7 Å². The van der Waals surface area contributed by atoms with Gasteiger partial charge in [0.2, 0.25) is 5.91 Å². The lowest BCUT2D eigenvalue weighted by atomic mass is 9.94. The first kappa shape index (κ1) is 17.4. The van der Waals surface area contributed by atoms with Crippen LogP contribution in [0.5, 0.6) is 0 Å². The van der Waals surface area contributed by atoms with Crippen molar-refractivity contribution >= 4 is 5.91 Å². The van der Waals surface area contributed by atoms with Crippen LogP contribution in [0.3, 0.4) is 0 Å². The maximum atomic E-state index is 12.5. The van der Waals surface area contributed by atoms with Gasteiger partial charge < -0.3 is 20.3 Å². The third kappa shape index (κ3) is 6.20. The van der Waals surface area contributed by atoms with Gasteiger partial charge in [-0.25, -0.2) is 0 Å². The number of hydrogen-bond acceptors (Lipinski definition) is 4. The van der Waals surface area contributed by atoms with E-state index in [-0.39, 0.29) is 11.4 Å². The summed E-state index contributed by atoms with van der Waals surface area (Å²) in [5.74, 6) is 0.185. The molecule has 0 atom stereocenters. The zero-order chi connectivity index (χ0) is 15.0. The Kier molecular flexibility index (Phi) is 7.48. The predicted molar refractivity (Wildman–Crippen MR) is 81.6 cm³/mol. The summed E-state index contributed by atoms with van der Waals surface area (Å²) in [5, 5.41) is 0. The standard InChI is InChI=1S/C15H31N3O2/c1-17(2)9-6-10-18(11-12-20-3)14(19)13-15(16)7-4-5-8-15/h4-13,16H2,1-3H3. The Morgan fingerprint density at radius 3 is 2.40 bits per heavy atom. The number of nitrogens with zero attached hydrogens (tertiary/aromatic N) is 2. The summed E-state index contributed by atoms with van der Waals surface area (Å²) in [4.78, 5) is 16.5. The Hall–Kier alpha value is -0.650. The van der Waals surface area contributed by atoms with Gasteiger partial charge in [0.1, 0.15) is 0 Å². The summed E-state index contributed by atoms with van der Waals surface area (Å²) < 4.78 is 5.11. The molecule has 1 rings (SSSR count). The molecule has 0 spiro atoms. The molecule has 0 aromatic heterocycles. The highest BCUT2D eigenvalue weighted by Crippen LogP contribution is 2.30. The Bertz CT molecular complexity index is 289. The summed E-state index contributed by atoms with van der Waals surface area (Å²) >= 11 is 0. The van der Waals surface area contributed by atoms with E-state index in [1.807, 2.05) is 4.90 Å². The van der Waals surface area contributed by atoms with Gasteiger partial charge in [-0.2, -0.15) is 0 Å². The van der Waals surface area contributed by atoms with Crippen LogP contribution < -0.4 is 5.73 Å². The first-order valence-electron chi connectivity index (χ1n) is 7.67. The largest absolute Gasteiger partial charge is 0.383 e. The van der Waals surface area contributed by atoms with Crippen molar-refractivity contribution in [1.82, 2.24) is 9.80 Å². The van der Waals surface area contributed by atoms with Crippen LogP contribution in [0.15, 0.2) is 0 Å². The third-order valence-corrected chi connectivity index (χ3v) is 4.05. The highest BCUT2D eigenvalue weighted by Gasteiger charge is 2.33. The first-order valence-corrected chi connectivity index (χ1v) is 7.67. The predicted octanol–water partition coefficient (Wildman–Crippen LogP) is 1.07. The van der Waals surface area contributed by atoms with Crippen molar-refractivity contribution in [2.45, 2.75) is 44.1 Å². The molecule has 5 nitrogen and oxygen atoms in total. The lowest BCUT2D eigenvalue weighted by Gasteiger charge is -2.29. The molecule has 1 fully saturated rings. The Balaban J connectivity index is 2.45. The van der Waals surface area contributed by atoms with Crippen LogP contribution in [0, 0.1) is 0 Å². The van der Waals surface area contributed by atoms with Gasteiger partial charge in [0.25, 0.3) is 0 Å². The minimum absolute atomic E-state index is 0.185. The van der Waals surface area contributed by atoms with Crippen molar-refractivity contribution in [3.05, 3.63) is 0 Å². The average molecular weight is 285 g/mol. The summed E-state index contributed by atoms with van der Waals surface area (Å²) in [7, 11) is 5.77. The highest BCUT2D eigenvalue weighted by atomic mass is 16.5. The molecule has 1 aliphatic rings. The van der Waals surface area contributed by atoms with E-state index in [0.717, 1.165) is 45.2 Å². The summed E-state index contributed by atoms with van der Waals surface area (Å²) in [6, 6.07) is 0. The molecule has 2 N–H and O–H groups in total. The van der Waals surface area contributed by atoms with Crippen molar-refractivity contribution in [3.63, 3.8) is 0 Å². The molecule has 5 heteroatoms. The maximum absolute atomic E-state index is 12.5. The van der Waals surface area contributed by atoms with Gasteiger partial charge in [0.15, 0.2) is 0 Å². The molecule has 0 saturated heterocycles. The van der Waals surface area contributed by atoms with E-state index in [4.69, 9.17) is 10.5 Å². The quantitative estimate of drug-likeness (QED) is 0.688. The summed E-state index contributed by atoms with van der Waals surface area (Å²) in [6.45, 7) is 3.03. The van der Waals surface area contributed by atoms with E-state index in [1.165, 1.54) is 0 Å². The maximum Gasteiger partial charge on any atom is 0.224 e. The molecule has 0 aromatic rings. The van der Waals surface area contributed by atoms with Crippen molar-refractivity contribution in [3.8, 4) is 0 Å². The minimum Gasteiger partial charge on any atom is -0.383 e. The van der Waals surface area contributed by atoms with Gasteiger partial charge >= 0.3 is 0 Å². The van der Waals surface area contributed by atoms with Crippen LogP contribution in [0.1, 0.15) is 38.5 Å². The van der Waals surface area contributed by atoms with Crippen molar-refractivity contribution < 1.29 is 9.53 Å². The zero-order valence-electron chi connectivity index (χ0n) is 13.4. The van der Waals surface area contributed by atoms with Crippen LogP contribution in [0.25, 0.3) is 0 Å².